The van der Waals surface area contributed by atoms with Gasteiger partial charge in [-0.15, -0.1) is 0 Å². The van der Waals surface area contributed by atoms with Gasteiger partial charge in [0.1, 0.15) is 5.82 Å². The summed E-state index contributed by atoms with van der Waals surface area (Å²) in [5.74, 6) is 0.278. The number of nitrogens with one attached hydrogen (secondary N) is 2. The molecule has 126 valence electrons. The Balaban J connectivity index is 1.54. The number of rotatable bonds is 3. The highest BCUT2D eigenvalue weighted by molar-refractivity contribution is 9.10. The van der Waals surface area contributed by atoms with Gasteiger partial charge in [-0.2, -0.15) is 5.10 Å². The van der Waals surface area contributed by atoms with E-state index in [0.717, 1.165) is 15.4 Å². The Hall–Kier alpha value is -2.74. The quantitative estimate of drug-likeness (QED) is 0.708. The average Bonchev–Trinajstić information content (AvgIpc) is 3.18. The van der Waals surface area contributed by atoms with Crippen LogP contribution < -0.4 is 10.2 Å². The molecule has 1 aromatic carbocycles. The number of H-pyrrole nitrogens is 1. The van der Waals surface area contributed by atoms with Gasteiger partial charge in [0.2, 0.25) is 11.8 Å². The van der Waals surface area contributed by atoms with Crippen molar-refractivity contribution in [2.24, 2.45) is 5.92 Å². The van der Waals surface area contributed by atoms with Gasteiger partial charge >= 0.3 is 0 Å². The maximum absolute atomic E-state index is 12.4. The van der Waals surface area contributed by atoms with Crippen molar-refractivity contribution in [3.63, 3.8) is 0 Å². The molecular formula is C17H14BrN5O2. The van der Waals surface area contributed by atoms with E-state index >= 15 is 0 Å². The van der Waals surface area contributed by atoms with Crippen LogP contribution in [-0.2, 0) is 9.59 Å². The number of anilines is 2. The maximum Gasteiger partial charge on any atom is 0.230 e. The Kier molecular flexibility index (Phi) is 3.96. The van der Waals surface area contributed by atoms with Crippen LogP contribution in [0.5, 0.6) is 0 Å². The first-order chi connectivity index (χ1) is 12.1. The first kappa shape index (κ1) is 15.8. The zero-order valence-electron chi connectivity index (χ0n) is 13.1. The molecule has 1 saturated heterocycles. The Bertz CT molecular complexity index is 956. The Labute approximate surface area is 151 Å². The second-order valence-electron chi connectivity index (χ2n) is 5.85. The van der Waals surface area contributed by atoms with Gasteiger partial charge in [0, 0.05) is 29.0 Å². The number of aromatic amines is 1. The second kappa shape index (κ2) is 6.29. The number of pyridine rings is 1. The third-order valence-electron chi connectivity index (χ3n) is 4.17. The number of carbonyl (C=O) groups excluding carboxylic acids is 2. The van der Waals surface area contributed by atoms with E-state index in [1.165, 1.54) is 0 Å². The molecule has 1 aliphatic rings. The molecule has 25 heavy (non-hydrogen) atoms. The van der Waals surface area contributed by atoms with Crippen LogP contribution in [0.4, 0.5) is 11.6 Å². The van der Waals surface area contributed by atoms with Gasteiger partial charge in [-0.1, -0.05) is 22.0 Å². The molecule has 0 radical (unpaired) electrons. The predicted octanol–water partition coefficient (Wildman–Crippen LogP) is 2.71. The maximum atomic E-state index is 12.4. The first-order valence-corrected chi connectivity index (χ1v) is 8.57. The minimum absolute atomic E-state index is 0.113. The van der Waals surface area contributed by atoms with E-state index in [4.69, 9.17) is 0 Å². The summed E-state index contributed by atoms with van der Waals surface area (Å²) in [5, 5.41) is 10.8. The minimum Gasteiger partial charge on any atom is -0.310 e. The number of hydrogen-bond donors (Lipinski definition) is 2. The van der Waals surface area contributed by atoms with Crippen molar-refractivity contribution in [3.05, 3.63) is 47.1 Å². The third-order valence-corrected chi connectivity index (χ3v) is 4.67. The Morgan fingerprint density at radius 1 is 1.32 bits per heavy atom. The highest BCUT2D eigenvalue weighted by Crippen LogP contribution is 2.31. The molecule has 1 atom stereocenters. The van der Waals surface area contributed by atoms with Gasteiger partial charge in [-0.25, -0.2) is 4.98 Å². The standard InChI is InChI=1S/C17H14BrN5O2/c18-11-4-5-12-13(8-11)21-22-16(12)23-9-10(7-15(23)24)17(25)20-14-3-1-2-6-19-14/h1-6,8,10H,7,9H2,(H,21,22)(H,19,20,25)/t10-/m1/s1. The lowest BCUT2D eigenvalue weighted by atomic mass is 10.1. The van der Waals surface area contributed by atoms with Crippen molar-refractivity contribution < 1.29 is 9.59 Å². The van der Waals surface area contributed by atoms with E-state index in [9.17, 15) is 9.59 Å². The monoisotopic (exact) mass is 399 g/mol. The molecule has 8 heteroatoms. The summed E-state index contributed by atoms with van der Waals surface area (Å²) < 4.78 is 0.926. The summed E-state index contributed by atoms with van der Waals surface area (Å²) in [6, 6.07) is 11.0. The molecule has 2 amide bonds. The van der Waals surface area contributed by atoms with Crippen LogP contribution in [-0.4, -0.2) is 33.5 Å². The van der Waals surface area contributed by atoms with Gasteiger partial charge in [-0.3, -0.25) is 19.6 Å². The number of aromatic nitrogens is 3. The zero-order chi connectivity index (χ0) is 17.4. The van der Waals surface area contributed by atoms with Crippen LogP contribution in [0, 0.1) is 5.92 Å². The van der Waals surface area contributed by atoms with Crippen LogP contribution >= 0.6 is 15.9 Å². The molecule has 0 aliphatic carbocycles. The predicted molar refractivity (Wildman–Crippen MR) is 97.1 cm³/mol. The van der Waals surface area contributed by atoms with Crippen LogP contribution in [0.1, 0.15) is 6.42 Å². The molecule has 2 N–H and O–H groups in total. The molecule has 0 bridgehead atoms. The van der Waals surface area contributed by atoms with Crippen molar-refractivity contribution in [2.45, 2.75) is 6.42 Å². The Morgan fingerprint density at radius 3 is 3.00 bits per heavy atom. The number of fused-ring (bicyclic) bond motifs is 1. The summed E-state index contributed by atoms with van der Waals surface area (Å²) in [4.78, 5) is 30.5. The fourth-order valence-electron chi connectivity index (χ4n) is 2.94. The SMILES string of the molecule is O=C(Nc1ccccn1)[C@@H]1CC(=O)N(c2n[nH]c3cc(Br)ccc23)C1. The lowest BCUT2D eigenvalue weighted by Gasteiger charge is -2.14. The summed E-state index contributed by atoms with van der Waals surface area (Å²) in [5.41, 5.74) is 0.832. The number of halogens is 1. The van der Waals surface area contributed by atoms with Gasteiger partial charge in [0.05, 0.1) is 11.4 Å². The largest absolute Gasteiger partial charge is 0.310 e. The van der Waals surface area contributed by atoms with Crippen LogP contribution in [0.25, 0.3) is 10.9 Å². The second-order valence-corrected chi connectivity index (χ2v) is 6.76. The Morgan fingerprint density at radius 2 is 2.20 bits per heavy atom. The van der Waals surface area contributed by atoms with E-state index in [1.807, 2.05) is 18.2 Å². The highest BCUT2D eigenvalue weighted by atomic mass is 79.9. The average molecular weight is 400 g/mol. The lowest BCUT2D eigenvalue weighted by Crippen LogP contribution is -2.28. The van der Waals surface area contributed by atoms with Crippen LogP contribution in [0.3, 0.4) is 0 Å². The van der Waals surface area contributed by atoms with Gasteiger partial charge < -0.3 is 5.32 Å². The molecule has 1 aliphatic heterocycles. The van der Waals surface area contributed by atoms with E-state index in [2.05, 4.69) is 36.4 Å². The zero-order valence-corrected chi connectivity index (χ0v) is 14.7. The van der Waals surface area contributed by atoms with E-state index < -0.39 is 5.92 Å². The van der Waals surface area contributed by atoms with Gasteiger partial charge in [0.15, 0.2) is 5.82 Å². The van der Waals surface area contributed by atoms with Gasteiger partial charge in [0.25, 0.3) is 0 Å². The molecule has 3 heterocycles. The number of benzene rings is 1. The van der Waals surface area contributed by atoms with Crippen molar-refractivity contribution >= 4 is 50.3 Å². The number of nitrogens with zero attached hydrogens (tertiary/aromatic N) is 3. The summed E-state index contributed by atoms with van der Waals surface area (Å²) in [7, 11) is 0. The van der Waals surface area contributed by atoms with Crippen molar-refractivity contribution in [1.82, 2.24) is 15.2 Å². The highest BCUT2D eigenvalue weighted by Gasteiger charge is 2.37. The van der Waals surface area contributed by atoms with Crippen molar-refractivity contribution in [1.29, 1.82) is 0 Å². The van der Waals surface area contributed by atoms with Crippen molar-refractivity contribution in [3.8, 4) is 0 Å². The van der Waals surface area contributed by atoms with Crippen LogP contribution in [0.2, 0.25) is 0 Å². The molecular weight excluding hydrogens is 386 g/mol. The van der Waals surface area contributed by atoms with Crippen LogP contribution in [0.15, 0.2) is 47.1 Å². The van der Waals surface area contributed by atoms with E-state index in [-0.39, 0.29) is 18.2 Å². The molecule has 0 saturated carbocycles. The topological polar surface area (TPSA) is 91.0 Å². The first-order valence-electron chi connectivity index (χ1n) is 7.78. The molecule has 4 rings (SSSR count). The molecule has 0 spiro atoms. The molecule has 2 aromatic heterocycles. The summed E-state index contributed by atoms with van der Waals surface area (Å²) in [6.45, 7) is 0.299. The third kappa shape index (κ3) is 3.00. The number of hydrogen-bond acceptors (Lipinski definition) is 4. The summed E-state index contributed by atoms with van der Waals surface area (Å²) >= 11 is 3.41. The van der Waals surface area contributed by atoms with E-state index in [1.54, 1.807) is 29.3 Å². The molecule has 1 fully saturated rings. The molecule has 0 unspecified atom stereocenters. The fourth-order valence-corrected chi connectivity index (χ4v) is 3.30. The number of carbonyl (C=O) groups is 2. The van der Waals surface area contributed by atoms with Gasteiger partial charge in [-0.05, 0) is 30.3 Å². The molecule has 7 nitrogen and oxygen atoms in total. The van der Waals surface area contributed by atoms with Crippen molar-refractivity contribution in [2.75, 3.05) is 16.8 Å². The smallest absolute Gasteiger partial charge is 0.230 e. The lowest BCUT2D eigenvalue weighted by molar-refractivity contribution is -0.122. The normalized spacial score (nSPS) is 17.2. The van der Waals surface area contributed by atoms with E-state index in [0.29, 0.717) is 18.2 Å². The molecule has 3 aromatic rings. The summed E-state index contributed by atoms with van der Waals surface area (Å²) in [6.07, 6.45) is 1.76. The number of amides is 2. The minimum atomic E-state index is -0.434. The fraction of sp³-hybridized carbons (Fsp3) is 0.176.